The van der Waals surface area contributed by atoms with Gasteiger partial charge in [-0.1, -0.05) is 23.9 Å². The highest BCUT2D eigenvalue weighted by Crippen LogP contribution is 2.43. The highest BCUT2D eigenvalue weighted by Gasteiger charge is 2.29. The van der Waals surface area contributed by atoms with E-state index < -0.39 is 16.4 Å². The zero-order valence-corrected chi connectivity index (χ0v) is 19.4. The van der Waals surface area contributed by atoms with Crippen molar-refractivity contribution in [2.24, 2.45) is 0 Å². The fraction of sp³-hybridized carbons (Fsp3) is 0.304. The number of para-hydroxylation sites is 1. The van der Waals surface area contributed by atoms with E-state index in [1.54, 1.807) is 54.1 Å². The molecular weight excluding hydrogens is 430 g/mol. The van der Waals surface area contributed by atoms with Crippen LogP contribution >= 0.6 is 11.8 Å². The number of rotatable bonds is 7. The molecule has 168 valence electrons. The smallest absolute Gasteiger partial charge is 0.344 e. The Morgan fingerprint density at radius 2 is 1.81 bits per heavy atom. The first-order chi connectivity index (χ1) is 15.1. The standard InChI is InChI=1S/C23H25N3O5S/c1-6-30-17-13-11-16(12-14-17)22(27)31-21-20(15(2)24-25(21)23(3,4)5)32-19-10-8-7-9-18(19)26(28)29/h7-14H,6H2,1-5H3. The average Bonchev–Trinajstić information content (AvgIpc) is 3.05. The van der Waals surface area contributed by atoms with E-state index in [1.165, 1.54) is 6.07 Å². The summed E-state index contributed by atoms with van der Waals surface area (Å²) in [6.45, 7) is 10.0. The Labute approximate surface area is 190 Å². The van der Waals surface area contributed by atoms with Gasteiger partial charge in [0.1, 0.15) is 5.75 Å². The molecule has 0 aliphatic heterocycles. The van der Waals surface area contributed by atoms with Gasteiger partial charge in [-0.3, -0.25) is 10.1 Å². The Kier molecular flexibility index (Phi) is 6.88. The van der Waals surface area contributed by atoms with Gasteiger partial charge in [-0.25, -0.2) is 9.48 Å². The van der Waals surface area contributed by atoms with E-state index in [2.05, 4.69) is 5.10 Å². The summed E-state index contributed by atoms with van der Waals surface area (Å²) in [5.74, 6) is 0.354. The first-order valence-electron chi connectivity index (χ1n) is 10.1. The monoisotopic (exact) mass is 455 g/mol. The van der Waals surface area contributed by atoms with Crippen LogP contribution in [0, 0.1) is 17.0 Å². The summed E-state index contributed by atoms with van der Waals surface area (Å²) in [7, 11) is 0. The van der Waals surface area contributed by atoms with Crippen molar-refractivity contribution in [2.45, 2.75) is 49.9 Å². The van der Waals surface area contributed by atoms with Gasteiger partial charge in [-0.2, -0.15) is 5.10 Å². The largest absolute Gasteiger partial charge is 0.494 e. The Morgan fingerprint density at radius 1 is 1.16 bits per heavy atom. The molecule has 0 unspecified atom stereocenters. The molecule has 8 nitrogen and oxygen atoms in total. The van der Waals surface area contributed by atoms with E-state index >= 15 is 0 Å². The fourth-order valence-corrected chi connectivity index (χ4v) is 3.98. The average molecular weight is 456 g/mol. The summed E-state index contributed by atoms with van der Waals surface area (Å²) in [4.78, 5) is 24.9. The molecule has 9 heteroatoms. The number of aryl methyl sites for hydroxylation is 1. The zero-order valence-electron chi connectivity index (χ0n) is 18.6. The van der Waals surface area contributed by atoms with Crippen molar-refractivity contribution in [2.75, 3.05) is 6.61 Å². The molecule has 0 aliphatic rings. The maximum atomic E-state index is 12.9. The summed E-state index contributed by atoms with van der Waals surface area (Å²) < 4.78 is 12.9. The van der Waals surface area contributed by atoms with Crippen molar-refractivity contribution in [3.63, 3.8) is 0 Å². The molecule has 0 amide bonds. The lowest BCUT2D eigenvalue weighted by Gasteiger charge is -2.22. The van der Waals surface area contributed by atoms with Gasteiger partial charge in [-0.15, -0.1) is 0 Å². The second-order valence-corrected chi connectivity index (χ2v) is 9.03. The molecule has 3 rings (SSSR count). The molecule has 0 spiro atoms. The Hall–Kier alpha value is -3.33. The van der Waals surface area contributed by atoms with Crippen LogP contribution in [-0.4, -0.2) is 27.3 Å². The molecule has 0 aliphatic carbocycles. The van der Waals surface area contributed by atoms with Crippen LogP contribution in [0.1, 0.15) is 43.7 Å². The molecule has 1 aromatic heterocycles. The molecule has 0 atom stereocenters. The third-order valence-electron chi connectivity index (χ3n) is 4.46. The highest BCUT2D eigenvalue weighted by atomic mass is 32.2. The third-order valence-corrected chi connectivity index (χ3v) is 5.70. The zero-order chi connectivity index (χ0) is 23.5. The number of hydrogen-bond acceptors (Lipinski definition) is 7. The van der Waals surface area contributed by atoms with E-state index in [0.29, 0.717) is 33.4 Å². The van der Waals surface area contributed by atoms with Crippen molar-refractivity contribution >= 4 is 23.4 Å². The number of nitro benzene ring substituents is 1. The summed E-state index contributed by atoms with van der Waals surface area (Å²) in [5, 5.41) is 16.0. The maximum Gasteiger partial charge on any atom is 0.344 e. The van der Waals surface area contributed by atoms with E-state index in [1.807, 2.05) is 27.7 Å². The summed E-state index contributed by atoms with van der Waals surface area (Å²) in [5.41, 5.74) is 0.455. The number of benzene rings is 2. The van der Waals surface area contributed by atoms with Crippen molar-refractivity contribution in [1.29, 1.82) is 0 Å². The number of nitrogens with zero attached hydrogens (tertiary/aromatic N) is 3. The summed E-state index contributed by atoms with van der Waals surface area (Å²) in [6, 6.07) is 13.1. The number of ether oxygens (including phenoxy) is 2. The van der Waals surface area contributed by atoms with Crippen LogP contribution in [0.2, 0.25) is 0 Å². The van der Waals surface area contributed by atoms with Gasteiger partial charge in [0, 0.05) is 6.07 Å². The molecule has 0 N–H and O–H groups in total. The number of carbonyl (C=O) groups is 1. The van der Waals surface area contributed by atoms with Crippen LogP contribution < -0.4 is 9.47 Å². The molecule has 0 saturated heterocycles. The SMILES string of the molecule is CCOc1ccc(C(=O)Oc2c(Sc3ccccc3[N+](=O)[O-])c(C)nn2C(C)(C)C)cc1. The Balaban J connectivity index is 2.00. The van der Waals surface area contributed by atoms with Crippen LogP contribution in [0.4, 0.5) is 5.69 Å². The number of hydrogen-bond donors (Lipinski definition) is 0. The van der Waals surface area contributed by atoms with E-state index in [0.717, 1.165) is 11.8 Å². The van der Waals surface area contributed by atoms with Crippen LogP contribution in [0.25, 0.3) is 0 Å². The predicted octanol–water partition coefficient (Wildman–Crippen LogP) is 5.62. The van der Waals surface area contributed by atoms with Gasteiger partial charge in [0.25, 0.3) is 5.69 Å². The lowest BCUT2D eigenvalue weighted by atomic mass is 10.1. The van der Waals surface area contributed by atoms with Crippen molar-refractivity contribution < 1.29 is 19.2 Å². The minimum atomic E-state index is -0.553. The normalized spacial score (nSPS) is 11.3. The van der Waals surface area contributed by atoms with E-state index in [4.69, 9.17) is 9.47 Å². The second-order valence-electron chi connectivity index (χ2n) is 7.98. The predicted molar refractivity (Wildman–Crippen MR) is 122 cm³/mol. The van der Waals surface area contributed by atoms with Crippen LogP contribution in [0.15, 0.2) is 58.3 Å². The minimum absolute atomic E-state index is 0.0239. The van der Waals surface area contributed by atoms with Crippen LogP contribution in [0.5, 0.6) is 11.6 Å². The number of nitro groups is 1. The van der Waals surface area contributed by atoms with Crippen LogP contribution in [0.3, 0.4) is 0 Å². The Bertz CT molecular complexity index is 1130. The van der Waals surface area contributed by atoms with Gasteiger partial charge in [0.05, 0.1) is 38.1 Å². The highest BCUT2D eigenvalue weighted by molar-refractivity contribution is 7.99. The summed E-state index contributed by atoms with van der Waals surface area (Å²) in [6.07, 6.45) is 0. The number of aromatic nitrogens is 2. The maximum absolute atomic E-state index is 12.9. The first-order valence-corrected chi connectivity index (χ1v) is 10.9. The minimum Gasteiger partial charge on any atom is -0.494 e. The van der Waals surface area contributed by atoms with Gasteiger partial charge in [0.15, 0.2) is 0 Å². The molecule has 0 saturated carbocycles. The number of esters is 1. The number of carbonyl (C=O) groups excluding carboxylic acids is 1. The van der Waals surface area contributed by atoms with E-state index in [9.17, 15) is 14.9 Å². The molecule has 2 aromatic carbocycles. The lowest BCUT2D eigenvalue weighted by Crippen LogP contribution is -2.25. The lowest BCUT2D eigenvalue weighted by molar-refractivity contribution is -0.387. The van der Waals surface area contributed by atoms with Crippen molar-refractivity contribution in [3.05, 3.63) is 69.9 Å². The molecular formula is C23H25N3O5S. The molecule has 0 fully saturated rings. The van der Waals surface area contributed by atoms with E-state index in [-0.39, 0.29) is 11.6 Å². The first kappa shape index (κ1) is 23.3. The fourth-order valence-electron chi connectivity index (χ4n) is 2.96. The molecule has 32 heavy (non-hydrogen) atoms. The van der Waals surface area contributed by atoms with Crippen LogP contribution in [-0.2, 0) is 5.54 Å². The molecule has 1 heterocycles. The molecule has 0 bridgehead atoms. The Morgan fingerprint density at radius 3 is 2.41 bits per heavy atom. The van der Waals surface area contributed by atoms with Gasteiger partial charge in [0.2, 0.25) is 5.88 Å². The molecule has 3 aromatic rings. The topological polar surface area (TPSA) is 96.5 Å². The molecule has 0 radical (unpaired) electrons. The third kappa shape index (κ3) is 5.11. The second kappa shape index (κ2) is 9.44. The van der Waals surface area contributed by atoms with Gasteiger partial charge in [-0.05, 0) is 65.0 Å². The van der Waals surface area contributed by atoms with Crippen molar-refractivity contribution in [1.82, 2.24) is 9.78 Å². The summed E-state index contributed by atoms with van der Waals surface area (Å²) >= 11 is 1.16. The van der Waals surface area contributed by atoms with Gasteiger partial charge < -0.3 is 9.47 Å². The quantitative estimate of drug-likeness (QED) is 0.259. The van der Waals surface area contributed by atoms with Gasteiger partial charge >= 0.3 is 5.97 Å². The van der Waals surface area contributed by atoms with Crippen molar-refractivity contribution in [3.8, 4) is 11.6 Å².